The molecule has 1 N–H and O–H groups in total. The summed E-state index contributed by atoms with van der Waals surface area (Å²) >= 11 is 0. The quantitative estimate of drug-likeness (QED) is 0.806. The van der Waals surface area contributed by atoms with E-state index >= 15 is 0 Å². The molecule has 0 saturated carbocycles. The van der Waals surface area contributed by atoms with E-state index in [1.165, 1.54) is 6.07 Å². The molecular weight excluding hydrogens is 222 g/mol. The minimum Gasteiger partial charge on any atom is -0.476 e. The van der Waals surface area contributed by atoms with Gasteiger partial charge in [0.25, 0.3) is 0 Å². The Morgan fingerprint density at radius 1 is 1.71 bits per heavy atom. The Hall–Kier alpha value is -1.87. The standard InChI is InChI=1S/C11H15N3O3/c1-8(2)14(5-3-4-12)7-9-6-10(11(15)16)13-17-9/h6,8H,3,5,7H2,1-2H3,(H,15,16). The summed E-state index contributed by atoms with van der Waals surface area (Å²) in [6.45, 7) is 5.09. The summed E-state index contributed by atoms with van der Waals surface area (Å²) in [5.41, 5.74) is -0.0935. The normalized spacial score (nSPS) is 10.8. The summed E-state index contributed by atoms with van der Waals surface area (Å²) in [6.07, 6.45) is 0.429. The molecule has 0 aliphatic rings. The number of aromatic carboxylic acids is 1. The molecule has 0 spiro atoms. The van der Waals surface area contributed by atoms with Crippen molar-refractivity contribution in [2.75, 3.05) is 6.54 Å². The predicted molar refractivity (Wildman–Crippen MR) is 59.2 cm³/mol. The molecule has 1 heterocycles. The first-order chi connectivity index (χ1) is 8.04. The van der Waals surface area contributed by atoms with Crippen LogP contribution in [-0.4, -0.2) is 33.7 Å². The van der Waals surface area contributed by atoms with Gasteiger partial charge in [0.2, 0.25) is 0 Å². The highest BCUT2D eigenvalue weighted by Crippen LogP contribution is 2.10. The first-order valence-electron chi connectivity index (χ1n) is 5.34. The van der Waals surface area contributed by atoms with Gasteiger partial charge in [-0.25, -0.2) is 4.79 Å². The Morgan fingerprint density at radius 2 is 2.41 bits per heavy atom. The van der Waals surface area contributed by atoms with Crippen LogP contribution in [0, 0.1) is 11.3 Å². The zero-order valence-corrected chi connectivity index (χ0v) is 9.88. The molecule has 0 atom stereocenters. The van der Waals surface area contributed by atoms with Crippen LogP contribution in [-0.2, 0) is 6.54 Å². The lowest BCUT2D eigenvalue weighted by molar-refractivity contribution is 0.0685. The smallest absolute Gasteiger partial charge is 0.358 e. The third-order valence-electron chi connectivity index (χ3n) is 2.38. The lowest BCUT2D eigenvalue weighted by atomic mass is 10.2. The average molecular weight is 237 g/mol. The van der Waals surface area contributed by atoms with Gasteiger partial charge in [0.05, 0.1) is 12.6 Å². The largest absolute Gasteiger partial charge is 0.476 e. The summed E-state index contributed by atoms with van der Waals surface area (Å²) < 4.78 is 4.93. The fraction of sp³-hybridized carbons (Fsp3) is 0.545. The van der Waals surface area contributed by atoms with Gasteiger partial charge in [-0.05, 0) is 13.8 Å². The van der Waals surface area contributed by atoms with Gasteiger partial charge in [0.1, 0.15) is 0 Å². The lowest BCUT2D eigenvalue weighted by Crippen LogP contribution is -2.31. The van der Waals surface area contributed by atoms with E-state index in [1.807, 2.05) is 18.7 Å². The monoisotopic (exact) mass is 237 g/mol. The number of carbonyl (C=O) groups is 1. The van der Waals surface area contributed by atoms with Crippen LogP contribution in [0.15, 0.2) is 10.6 Å². The molecule has 1 aromatic heterocycles. The fourth-order valence-electron chi connectivity index (χ4n) is 1.40. The van der Waals surface area contributed by atoms with E-state index in [4.69, 9.17) is 14.9 Å². The molecule has 1 aromatic rings. The first kappa shape index (κ1) is 13.2. The summed E-state index contributed by atoms with van der Waals surface area (Å²) in [5.74, 6) is -0.609. The maximum absolute atomic E-state index is 10.6. The zero-order valence-electron chi connectivity index (χ0n) is 9.88. The second-order valence-electron chi connectivity index (χ2n) is 3.96. The molecule has 0 saturated heterocycles. The third-order valence-corrected chi connectivity index (χ3v) is 2.38. The average Bonchev–Trinajstić information content (AvgIpc) is 2.72. The van der Waals surface area contributed by atoms with Crippen molar-refractivity contribution in [2.24, 2.45) is 0 Å². The molecule has 0 aromatic carbocycles. The molecule has 0 fully saturated rings. The summed E-state index contributed by atoms with van der Waals surface area (Å²) in [5, 5.41) is 20.7. The van der Waals surface area contributed by atoms with Crippen LogP contribution in [0.3, 0.4) is 0 Å². The highest BCUT2D eigenvalue weighted by molar-refractivity contribution is 5.85. The van der Waals surface area contributed by atoms with Gasteiger partial charge < -0.3 is 9.63 Å². The van der Waals surface area contributed by atoms with Gasteiger partial charge in [-0.3, -0.25) is 4.90 Å². The van der Waals surface area contributed by atoms with Crippen LogP contribution >= 0.6 is 0 Å². The molecule has 1 rings (SSSR count). The van der Waals surface area contributed by atoms with E-state index < -0.39 is 5.97 Å². The van der Waals surface area contributed by atoms with Crippen molar-refractivity contribution < 1.29 is 14.4 Å². The van der Waals surface area contributed by atoms with E-state index in [0.29, 0.717) is 25.3 Å². The molecule has 0 amide bonds. The number of hydrogen-bond donors (Lipinski definition) is 1. The minimum atomic E-state index is -1.10. The van der Waals surface area contributed by atoms with E-state index in [9.17, 15) is 4.79 Å². The van der Waals surface area contributed by atoms with Crippen LogP contribution in [0.4, 0.5) is 0 Å². The van der Waals surface area contributed by atoms with Crippen LogP contribution in [0.2, 0.25) is 0 Å². The Labute approximate surface area is 99.4 Å². The van der Waals surface area contributed by atoms with Crippen molar-refractivity contribution in [3.05, 3.63) is 17.5 Å². The number of carboxylic acid groups (broad SMARTS) is 1. The third kappa shape index (κ3) is 3.89. The number of nitriles is 1. The molecule has 6 heteroatoms. The SMILES string of the molecule is CC(C)N(CCC#N)Cc1cc(C(=O)O)no1. The molecular formula is C11H15N3O3. The maximum atomic E-state index is 10.6. The second kappa shape index (κ2) is 6.01. The summed E-state index contributed by atoms with van der Waals surface area (Å²) in [6, 6.07) is 3.74. The van der Waals surface area contributed by atoms with Gasteiger partial charge in [-0.2, -0.15) is 5.26 Å². The highest BCUT2D eigenvalue weighted by Gasteiger charge is 2.15. The van der Waals surface area contributed by atoms with E-state index in [1.54, 1.807) is 0 Å². The van der Waals surface area contributed by atoms with Crippen molar-refractivity contribution in [3.63, 3.8) is 0 Å². The molecule has 0 radical (unpaired) electrons. The maximum Gasteiger partial charge on any atom is 0.358 e. The van der Waals surface area contributed by atoms with Gasteiger partial charge in [0.15, 0.2) is 11.5 Å². The molecule has 92 valence electrons. The topological polar surface area (TPSA) is 90.4 Å². The Balaban J connectivity index is 2.65. The molecule has 6 nitrogen and oxygen atoms in total. The fourth-order valence-corrected chi connectivity index (χ4v) is 1.40. The number of hydrogen-bond acceptors (Lipinski definition) is 5. The summed E-state index contributed by atoms with van der Waals surface area (Å²) in [7, 11) is 0. The van der Waals surface area contributed by atoms with E-state index in [-0.39, 0.29) is 11.7 Å². The number of aromatic nitrogens is 1. The molecule has 0 bridgehead atoms. The molecule has 17 heavy (non-hydrogen) atoms. The van der Waals surface area contributed by atoms with Crippen molar-refractivity contribution >= 4 is 5.97 Å². The molecule has 0 aliphatic heterocycles. The van der Waals surface area contributed by atoms with Gasteiger partial charge >= 0.3 is 5.97 Å². The van der Waals surface area contributed by atoms with Crippen molar-refractivity contribution in [1.29, 1.82) is 5.26 Å². The van der Waals surface area contributed by atoms with Gasteiger partial charge in [-0.15, -0.1) is 0 Å². The van der Waals surface area contributed by atoms with Crippen molar-refractivity contribution in [2.45, 2.75) is 32.9 Å². The van der Waals surface area contributed by atoms with Gasteiger partial charge in [0, 0.05) is 25.1 Å². The Morgan fingerprint density at radius 3 is 2.88 bits per heavy atom. The highest BCUT2D eigenvalue weighted by atomic mass is 16.5. The minimum absolute atomic E-state index is 0.0935. The van der Waals surface area contributed by atoms with Crippen LogP contribution in [0.25, 0.3) is 0 Å². The zero-order chi connectivity index (χ0) is 12.8. The van der Waals surface area contributed by atoms with Crippen LogP contribution in [0.1, 0.15) is 36.5 Å². The second-order valence-corrected chi connectivity index (χ2v) is 3.96. The Kier molecular flexibility index (Phi) is 4.67. The number of nitrogens with zero attached hydrogens (tertiary/aromatic N) is 3. The number of rotatable bonds is 6. The lowest BCUT2D eigenvalue weighted by Gasteiger charge is -2.23. The predicted octanol–water partition coefficient (Wildman–Crippen LogP) is 1.50. The number of carboxylic acids is 1. The molecule has 0 unspecified atom stereocenters. The van der Waals surface area contributed by atoms with Crippen LogP contribution < -0.4 is 0 Å². The molecule has 0 aliphatic carbocycles. The summed E-state index contributed by atoms with van der Waals surface area (Å²) in [4.78, 5) is 12.6. The van der Waals surface area contributed by atoms with Crippen molar-refractivity contribution in [3.8, 4) is 6.07 Å². The Bertz CT molecular complexity index is 420. The van der Waals surface area contributed by atoms with E-state index in [0.717, 1.165) is 0 Å². The van der Waals surface area contributed by atoms with Crippen LogP contribution in [0.5, 0.6) is 0 Å². The van der Waals surface area contributed by atoms with E-state index in [2.05, 4.69) is 11.2 Å². The van der Waals surface area contributed by atoms with Gasteiger partial charge in [-0.1, -0.05) is 5.16 Å². The first-order valence-corrected chi connectivity index (χ1v) is 5.34. The van der Waals surface area contributed by atoms with Crippen molar-refractivity contribution in [1.82, 2.24) is 10.1 Å².